The van der Waals surface area contributed by atoms with Gasteiger partial charge in [0.25, 0.3) is 0 Å². The number of benzene rings is 1. The molecule has 2 aliphatic rings. The van der Waals surface area contributed by atoms with Crippen molar-refractivity contribution in [2.45, 2.75) is 65.2 Å². The molecule has 2 atom stereocenters. The van der Waals surface area contributed by atoms with Crippen LogP contribution in [-0.4, -0.2) is 5.78 Å². The second-order valence-electron chi connectivity index (χ2n) is 7.79. The zero-order valence-electron chi connectivity index (χ0n) is 15.2. The van der Waals surface area contributed by atoms with Gasteiger partial charge in [-0.25, -0.2) is 0 Å². The molecule has 0 heterocycles. The van der Waals surface area contributed by atoms with Crippen molar-refractivity contribution >= 4 is 11.4 Å². The number of hydrogen-bond donors (Lipinski definition) is 0. The maximum Gasteiger partial charge on any atom is 0.160 e. The molecule has 1 aromatic rings. The van der Waals surface area contributed by atoms with E-state index in [9.17, 15) is 4.79 Å². The Balaban J connectivity index is 2.04. The Morgan fingerprint density at radius 3 is 2.79 bits per heavy atom. The highest BCUT2D eigenvalue weighted by Crippen LogP contribution is 2.54. The fraction of sp³-hybridized carbons (Fsp3) is 0.522. The average Bonchev–Trinajstić information content (AvgIpc) is 2.86. The van der Waals surface area contributed by atoms with Crippen molar-refractivity contribution in [3.63, 3.8) is 0 Å². The Morgan fingerprint density at radius 1 is 1.25 bits per heavy atom. The van der Waals surface area contributed by atoms with E-state index in [1.165, 1.54) is 49.7 Å². The molecule has 0 saturated heterocycles. The van der Waals surface area contributed by atoms with E-state index in [0.717, 1.165) is 18.4 Å². The number of hydrogen-bond acceptors (Lipinski definition) is 1. The summed E-state index contributed by atoms with van der Waals surface area (Å²) in [5.41, 5.74) is 3.70. The molecule has 3 rings (SSSR count). The van der Waals surface area contributed by atoms with Gasteiger partial charge in [-0.15, -0.1) is 0 Å². The summed E-state index contributed by atoms with van der Waals surface area (Å²) < 4.78 is 0. The van der Waals surface area contributed by atoms with E-state index >= 15 is 0 Å². The highest BCUT2D eigenvalue weighted by atomic mass is 16.1. The Labute approximate surface area is 146 Å². The van der Waals surface area contributed by atoms with E-state index in [4.69, 9.17) is 0 Å². The normalized spacial score (nSPS) is 29.1. The van der Waals surface area contributed by atoms with Gasteiger partial charge in [-0.3, -0.25) is 4.79 Å². The van der Waals surface area contributed by atoms with E-state index in [2.05, 4.69) is 50.3 Å². The van der Waals surface area contributed by atoms with Crippen LogP contribution in [0.15, 0.2) is 48.1 Å². The van der Waals surface area contributed by atoms with Crippen LogP contribution in [-0.2, 0) is 4.79 Å². The first-order chi connectivity index (χ1) is 11.7. The maximum atomic E-state index is 13.0. The van der Waals surface area contributed by atoms with E-state index < -0.39 is 0 Å². The van der Waals surface area contributed by atoms with Crippen LogP contribution < -0.4 is 0 Å². The van der Waals surface area contributed by atoms with Crippen LogP contribution in [0.5, 0.6) is 0 Å². The SMILES string of the molecule is CCCC/C=C/C(=C1\C(=O)CC2(C)CCCCC12)c1ccccc1. The van der Waals surface area contributed by atoms with E-state index in [1.807, 2.05) is 6.07 Å². The Morgan fingerprint density at radius 2 is 2.04 bits per heavy atom. The van der Waals surface area contributed by atoms with Gasteiger partial charge in [0.15, 0.2) is 5.78 Å². The van der Waals surface area contributed by atoms with Crippen LogP contribution in [0.25, 0.3) is 5.57 Å². The minimum Gasteiger partial charge on any atom is -0.294 e. The molecule has 2 fully saturated rings. The number of fused-ring (bicyclic) bond motifs is 1. The molecular weight excluding hydrogens is 292 g/mol. The number of unbranched alkanes of at least 4 members (excludes halogenated alkanes) is 2. The monoisotopic (exact) mass is 322 g/mol. The summed E-state index contributed by atoms with van der Waals surface area (Å²) in [5.74, 6) is 0.841. The molecule has 0 aromatic heterocycles. The van der Waals surface area contributed by atoms with E-state index in [0.29, 0.717) is 11.7 Å². The Hall–Kier alpha value is -1.63. The van der Waals surface area contributed by atoms with E-state index in [-0.39, 0.29) is 5.41 Å². The Kier molecular flexibility index (Phi) is 5.38. The summed E-state index contributed by atoms with van der Waals surface area (Å²) in [6.07, 6.45) is 13.7. The summed E-state index contributed by atoms with van der Waals surface area (Å²) in [4.78, 5) is 13.0. The summed E-state index contributed by atoms with van der Waals surface area (Å²) in [7, 11) is 0. The fourth-order valence-corrected chi connectivity index (χ4v) is 4.58. The van der Waals surface area contributed by atoms with Gasteiger partial charge in [-0.2, -0.15) is 0 Å². The van der Waals surface area contributed by atoms with Gasteiger partial charge < -0.3 is 0 Å². The van der Waals surface area contributed by atoms with Crippen molar-refractivity contribution < 1.29 is 4.79 Å². The van der Waals surface area contributed by atoms with Gasteiger partial charge in [-0.1, -0.05) is 82.0 Å². The largest absolute Gasteiger partial charge is 0.294 e. The molecule has 1 heteroatoms. The summed E-state index contributed by atoms with van der Waals surface area (Å²) in [6, 6.07) is 10.5. The molecule has 0 spiro atoms. The second kappa shape index (κ2) is 7.51. The lowest BCUT2D eigenvalue weighted by Crippen LogP contribution is -2.26. The van der Waals surface area contributed by atoms with Gasteiger partial charge in [-0.05, 0) is 41.7 Å². The zero-order chi connectivity index (χ0) is 17.0. The summed E-state index contributed by atoms with van der Waals surface area (Å²) in [5, 5.41) is 0. The number of rotatable bonds is 5. The predicted molar refractivity (Wildman–Crippen MR) is 102 cm³/mol. The van der Waals surface area contributed by atoms with Crippen molar-refractivity contribution in [1.29, 1.82) is 0 Å². The number of carbonyl (C=O) groups is 1. The van der Waals surface area contributed by atoms with Crippen LogP contribution in [0.3, 0.4) is 0 Å². The van der Waals surface area contributed by atoms with Crippen LogP contribution in [0, 0.1) is 11.3 Å². The number of Topliss-reactive ketones (excluding diaryl/α,β-unsaturated/α-hetero) is 1. The van der Waals surface area contributed by atoms with Gasteiger partial charge >= 0.3 is 0 Å². The smallest absolute Gasteiger partial charge is 0.160 e. The molecule has 0 bridgehead atoms. The van der Waals surface area contributed by atoms with Crippen molar-refractivity contribution in [2.75, 3.05) is 0 Å². The molecule has 0 amide bonds. The third kappa shape index (κ3) is 3.41. The van der Waals surface area contributed by atoms with Crippen molar-refractivity contribution in [1.82, 2.24) is 0 Å². The molecule has 0 aliphatic heterocycles. The highest BCUT2D eigenvalue weighted by molar-refractivity contribution is 6.07. The quantitative estimate of drug-likeness (QED) is 0.455. The number of carbonyl (C=O) groups excluding carboxylic acids is 1. The van der Waals surface area contributed by atoms with Crippen molar-refractivity contribution in [3.8, 4) is 0 Å². The molecule has 2 aliphatic carbocycles. The maximum absolute atomic E-state index is 13.0. The summed E-state index contributed by atoms with van der Waals surface area (Å²) >= 11 is 0. The predicted octanol–water partition coefficient (Wildman–Crippen LogP) is 6.36. The first kappa shape index (κ1) is 17.2. The standard InChI is InChI=1S/C23H30O/c1-3-4-5-9-14-19(18-12-7-6-8-13-18)22-20-15-10-11-16-23(20,2)17-21(22)24/h6-9,12-14,20H,3-5,10-11,15-17H2,1-2H3/b14-9+,22-19+. The molecule has 1 aromatic carbocycles. The summed E-state index contributed by atoms with van der Waals surface area (Å²) in [6.45, 7) is 4.56. The first-order valence-electron chi connectivity index (χ1n) is 9.65. The van der Waals surface area contributed by atoms with Crippen molar-refractivity contribution in [3.05, 3.63) is 53.6 Å². The third-order valence-electron chi connectivity index (χ3n) is 5.93. The fourth-order valence-electron chi connectivity index (χ4n) is 4.58. The van der Waals surface area contributed by atoms with Gasteiger partial charge in [0.1, 0.15) is 0 Å². The molecule has 2 saturated carbocycles. The lowest BCUT2D eigenvalue weighted by molar-refractivity contribution is -0.115. The zero-order valence-corrected chi connectivity index (χ0v) is 15.2. The third-order valence-corrected chi connectivity index (χ3v) is 5.93. The minimum atomic E-state index is 0.196. The Bertz CT molecular complexity index is 637. The molecule has 0 radical (unpaired) electrons. The number of ketones is 1. The van der Waals surface area contributed by atoms with Crippen LogP contribution in [0.2, 0.25) is 0 Å². The van der Waals surface area contributed by atoms with Gasteiger partial charge in [0.2, 0.25) is 0 Å². The van der Waals surface area contributed by atoms with Crippen LogP contribution in [0.1, 0.15) is 70.8 Å². The lowest BCUT2D eigenvalue weighted by Gasteiger charge is -2.36. The van der Waals surface area contributed by atoms with E-state index in [1.54, 1.807) is 0 Å². The van der Waals surface area contributed by atoms with Gasteiger partial charge in [0, 0.05) is 12.0 Å². The highest BCUT2D eigenvalue weighted by Gasteiger charge is 2.48. The van der Waals surface area contributed by atoms with Crippen molar-refractivity contribution in [2.24, 2.45) is 11.3 Å². The lowest BCUT2D eigenvalue weighted by atomic mass is 9.68. The number of allylic oxidation sites excluding steroid dienone is 4. The second-order valence-corrected chi connectivity index (χ2v) is 7.79. The molecular formula is C23H30O. The first-order valence-corrected chi connectivity index (χ1v) is 9.65. The molecule has 2 unspecified atom stereocenters. The molecule has 1 nitrogen and oxygen atoms in total. The van der Waals surface area contributed by atoms with Crippen LogP contribution >= 0.6 is 0 Å². The average molecular weight is 322 g/mol. The van der Waals surface area contributed by atoms with Crippen LogP contribution in [0.4, 0.5) is 0 Å². The molecule has 0 N–H and O–H groups in total. The molecule has 128 valence electrons. The molecule has 24 heavy (non-hydrogen) atoms. The minimum absolute atomic E-state index is 0.196. The topological polar surface area (TPSA) is 17.1 Å². The van der Waals surface area contributed by atoms with Gasteiger partial charge in [0.05, 0.1) is 0 Å².